The lowest BCUT2D eigenvalue weighted by atomic mass is 9.94. The monoisotopic (exact) mass is 454 g/mol. The Labute approximate surface area is 195 Å². The Morgan fingerprint density at radius 3 is 1.45 bits per heavy atom. The fourth-order valence-corrected chi connectivity index (χ4v) is 8.56. The second kappa shape index (κ2) is 14.9. The van der Waals surface area contributed by atoms with Crippen LogP contribution in [0.2, 0.25) is 0 Å². The van der Waals surface area contributed by atoms with Gasteiger partial charge in [0.1, 0.15) is 0 Å². The van der Waals surface area contributed by atoms with Gasteiger partial charge in [-0.3, -0.25) is 4.79 Å². The number of benzene rings is 2. The molecular weight excluding hydrogens is 415 g/mol. The maximum Gasteiger partial charge on any atom is 0.192 e. The molecule has 3 heteroatoms. The van der Waals surface area contributed by atoms with Gasteiger partial charge < -0.3 is 0 Å². The highest BCUT2D eigenvalue weighted by molar-refractivity contribution is 8.18. The predicted octanol–water partition coefficient (Wildman–Crippen LogP) is 8.04. The number of thioether (sulfide) groups is 1. The molecule has 1 aliphatic carbocycles. The summed E-state index contributed by atoms with van der Waals surface area (Å²) in [5.74, 6) is 0.260. The first kappa shape index (κ1) is 24.5. The summed E-state index contributed by atoms with van der Waals surface area (Å²) in [7, 11) is -0.498. The Morgan fingerprint density at radius 1 is 0.645 bits per heavy atom. The predicted molar refractivity (Wildman–Crippen MR) is 140 cm³/mol. The molecule has 1 aliphatic rings. The molecular formula is C28H39OPS. The quantitative estimate of drug-likeness (QED) is 0.425. The van der Waals surface area contributed by atoms with Gasteiger partial charge in [0.15, 0.2) is 5.12 Å². The largest absolute Gasteiger partial charge is 0.287 e. The van der Waals surface area contributed by atoms with Crippen LogP contribution in [0.4, 0.5) is 0 Å². The topological polar surface area (TPSA) is 17.1 Å². The van der Waals surface area contributed by atoms with E-state index in [0.29, 0.717) is 5.12 Å². The van der Waals surface area contributed by atoms with E-state index in [1.54, 1.807) is 11.8 Å². The van der Waals surface area contributed by atoms with Crippen LogP contribution in [0.15, 0.2) is 60.7 Å². The smallest absolute Gasteiger partial charge is 0.192 e. The Hall–Kier alpha value is -1.11. The average Bonchev–Trinajstić information content (AvgIpc) is 2.82. The lowest BCUT2D eigenvalue weighted by Gasteiger charge is -2.20. The minimum Gasteiger partial charge on any atom is -0.287 e. The van der Waals surface area contributed by atoms with Crippen molar-refractivity contribution in [3.63, 3.8) is 0 Å². The van der Waals surface area contributed by atoms with E-state index >= 15 is 0 Å². The summed E-state index contributed by atoms with van der Waals surface area (Å²) in [6.07, 6.45) is 16.9. The third-order valence-electron chi connectivity index (χ3n) is 6.41. The van der Waals surface area contributed by atoms with E-state index in [0.717, 1.165) is 18.3 Å². The zero-order valence-electron chi connectivity index (χ0n) is 19.0. The maximum atomic E-state index is 13.3. The molecule has 3 rings (SSSR count). The van der Waals surface area contributed by atoms with Gasteiger partial charge in [-0.2, -0.15) is 0 Å². The van der Waals surface area contributed by atoms with E-state index in [2.05, 4.69) is 60.7 Å². The summed E-state index contributed by atoms with van der Waals surface area (Å²) < 4.78 is 0. The van der Waals surface area contributed by atoms with Crippen LogP contribution in [-0.4, -0.2) is 10.6 Å². The first-order valence-electron chi connectivity index (χ1n) is 12.4. The molecule has 2 aromatic rings. The van der Waals surface area contributed by atoms with Gasteiger partial charge in [-0.1, -0.05) is 143 Å². The molecule has 168 valence electrons. The molecule has 0 bridgehead atoms. The highest BCUT2D eigenvalue weighted by atomic mass is 32.2. The first-order chi connectivity index (χ1) is 15.3. The van der Waals surface area contributed by atoms with E-state index in [1.807, 2.05) is 0 Å². The Kier molecular flexibility index (Phi) is 11.8. The minimum absolute atomic E-state index is 0.260. The summed E-state index contributed by atoms with van der Waals surface area (Å²) in [4.78, 5) is 13.3. The molecule has 0 radical (unpaired) electrons. The fraction of sp³-hybridized carbons (Fsp3) is 0.536. The van der Waals surface area contributed by atoms with E-state index in [1.165, 1.54) is 81.2 Å². The van der Waals surface area contributed by atoms with Crippen molar-refractivity contribution in [1.82, 2.24) is 0 Å². The highest BCUT2D eigenvalue weighted by Gasteiger charge is 2.21. The Balaban J connectivity index is 1.59. The van der Waals surface area contributed by atoms with Crippen LogP contribution in [0, 0.1) is 5.92 Å². The number of carbonyl (C=O) groups excluding carboxylic acids is 1. The third-order valence-corrected chi connectivity index (χ3v) is 10.4. The van der Waals surface area contributed by atoms with Gasteiger partial charge >= 0.3 is 0 Å². The summed E-state index contributed by atoms with van der Waals surface area (Å²) in [5.41, 5.74) is 0.901. The van der Waals surface area contributed by atoms with Crippen LogP contribution in [0.3, 0.4) is 0 Å². The van der Waals surface area contributed by atoms with Gasteiger partial charge in [0, 0.05) is 11.4 Å². The van der Waals surface area contributed by atoms with Gasteiger partial charge in [-0.15, -0.1) is 0 Å². The summed E-state index contributed by atoms with van der Waals surface area (Å²) in [6, 6.07) is 21.6. The van der Waals surface area contributed by atoms with Crippen LogP contribution >= 0.6 is 19.7 Å². The summed E-state index contributed by atoms with van der Waals surface area (Å²) in [6.45, 7) is 0. The molecule has 0 saturated heterocycles. The molecule has 0 aliphatic heterocycles. The summed E-state index contributed by atoms with van der Waals surface area (Å²) >= 11 is 1.62. The Morgan fingerprint density at radius 2 is 1.03 bits per heavy atom. The zero-order chi connectivity index (χ0) is 21.6. The van der Waals surface area contributed by atoms with Crippen LogP contribution < -0.4 is 10.6 Å². The lowest BCUT2D eigenvalue weighted by molar-refractivity contribution is -0.114. The van der Waals surface area contributed by atoms with Crippen LogP contribution in [0.5, 0.6) is 0 Å². The molecule has 0 aromatic heterocycles. The molecule has 0 spiro atoms. The van der Waals surface area contributed by atoms with Crippen molar-refractivity contribution in [3.8, 4) is 0 Å². The molecule has 0 N–H and O–H groups in total. The molecule has 0 heterocycles. The second-order valence-electron chi connectivity index (χ2n) is 8.85. The van der Waals surface area contributed by atoms with Crippen molar-refractivity contribution < 1.29 is 4.79 Å². The summed E-state index contributed by atoms with van der Waals surface area (Å²) in [5, 5.41) is 3.19. The van der Waals surface area contributed by atoms with Crippen molar-refractivity contribution in [2.45, 2.75) is 83.5 Å². The van der Waals surface area contributed by atoms with E-state index in [4.69, 9.17) is 0 Å². The van der Waals surface area contributed by atoms with Crippen LogP contribution in [-0.2, 0) is 4.79 Å². The second-order valence-corrected chi connectivity index (χ2v) is 12.5. The maximum absolute atomic E-state index is 13.3. The van der Waals surface area contributed by atoms with Crippen molar-refractivity contribution in [3.05, 3.63) is 60.7 Å². The van der Waals surface area contributed by atoms with Crippen LogP contribution in [0.25, 0.3) is 0 Å². The normalized spacial score (nSPS) is 17.8. The van der Waals surface area contributed by atoms with Gasteiger partial charge in [0.25, 0.3) is 0 Å². The van der Waals surface area contributed by atoms with E-state index < -0.39 is 7.92 Å². The number of rotatable bonds is 5. The standard InChI is InChI=1S/C28H39OPS/c29-28(25-18-12-8-6-4-2-1-3-5-7-9-13-19-25)31-24-30(26-20-14-10-15-21-26)27-22-16-11-17-23-27/h10-11,14-17,20-23,25H,1-9,12-13,18-19,24H2. The molecule has 1 nitrogen and oxygen atoms in total. The van der Waals surface area contributed by atoms with E-state index in [-0.39, 0.29) is 5.92 Å². The lowest BCUT2D eigenvalue weighted by Crippen LogP contribution is -2.16. The third kappa shape index (κ3) is 9.11. The first-order valence-corrected chi connectivity index (χ1v) is 14.9. The molecule has 31 heavy (non-hydrogen) atoms. The van der Waals surface area contributed by atoms with Gasteiger partial charge in [0.2, 0.25) is 0 Å². The number of carbonyl (C=O) groups is 1. The molecule has 2 aromatic carbocycles. The molecule has 0 amide bonds. The SMILES string of the molecule is O=C(SCP(c1ccccc1)c1ccccc1)C1CCCCCCCCCCCCC1. The average molecular weight is 455 g/mol. The molecule has 1 saturated carbocycles. The highest BCUT2D eigenvalue weighted by Crippen LogP contribution is 2.39. The Bertz CT molecular complexity index is 680. The molecule has 0 unspecified atom stereocenters. The van der Waals surface area contributed by atoms with Gasteiger partial charge in [-0.05, 0) is 31.4 Å². The van der Waals surface area contributed by atoms with Crippen molar-refractivity contribution in [2.75, 3.05) is 5.49 Å². The van der Waals surface area contributed by atoms with Crippen molar-refractivity contribution in [1.29, 1.82) is 0 Å². The van der Waals surface area contributed by atoms with Crippen molar-refractivity contribution >= 4 is 35.4 Å². The number of hydrogen-bond donors (Lipinski definition) is 0. The molecule has 0 atom stereocenters. The minimum atomic E-state index is -0.498. The van der Waals surface area contributed by atoms with Gasteiger partial charge in [0.05, 0.1) is 0 Å². The van der Waals surface area contributed by atoms with Crippen molar-refractivity contribution in [2.24, 2.45) is 5.92 Å². The number of hydrogen-bond acceptors (Lipinski definition) is 2. The molecule has 1 fully saturated rings. The fourth-order valence-electron chi connectivity index (χ4n) is 4.51. The van der Waals surface area contributed by atoms with Gasteiger partial charge in [-0.25, -0.2) is 0 Å². The van der Waals surface area contributed by atoms with Crippen LogP contribution in [0.1, 0.15) is 83.5 Å². The van der Waals surface area contributed by atoms with E-state index in [9.17, 15) is 4.79 Å². The zero-order valence-corrected chi connectivity index (χ0v) is 20.7.